The van der Waals surface area contributed by atoms with Crippen LogP contribution in [0.3, 0.4) is 0 Å². The van der Waals surface area contributed by atoms with E-state index in [1.54, 1.807) is 0 Å². The second-order valence-electron chi connectivity index (χ2n) is 8.92. The summed E-state index contributed by atoms with van der Waals surface area (Å²) >= 11 is 0. The molecule has 0 aliphatic carbocycles. The molecular formula is C32H26O10. The van der Waals surface area contributed by atoms with Crippen molar-refractivity contribution in [3.05, 3.63) is 95.1 Å². The van der Waals surface area contributed by atoms with Crippen molar-refractivity contribution >= 4 is 23.1 Å². The molecule has 0 saturated carbocycles. The molecule has 10 heteroatoms. The van der Waals surface area contributed by atoms with Crippen molar-refractivity contribution in [2.75, 3.05) is 28.4 Å². The van der Waals surface area contributed by atoms with Gasteiger partial charge in [0.25, 0.3) is 0 Å². The SMILES string of the molecule is COc1ccc(C(=O)C(=O)c2ccc(O)cc2-c2cc(O)ccc2C(=O)C(=O)c2ccc(OC)c(OC)c2)cc1OC. The average Bonchev–Trinajstić information content (AvgIpc) is 3.02. The number of methoxy groups -OCH3 is 4. The molecule has 0 fully saturated rings. The third kappa shape index (κ3) is 5.64. The fourth-order valence-corrected chi connectivity index (χ4v) is 4.37. The molecule has 0 atom stereocenters. The number of phenols is 2. The first-order valence-electron chi connectivity index (χ1n) is 12.4. The smallest absolute Gasteiger partial charge is 0.234 e. The van der Waals surface area contributed by atoms with Gasteiger partial charge in [0.2, 0.25) is 23.1 Å². The van der Waals surface area contributed by atoms with E-state index in [9.17, 15) is 29.4 Å². The van der Waals surface area contributed by atoms with Crippen LogP contribution in [-0.4, -0.2) is 61.8 Å². The van der Waals surface area contributed by atoms with Gasteiger partial charge in [-0.1, -0.05) is 0 Å². The number of rotatable bonds is 11. The number of ether oxygens (including phenoxy) is 4. The minimum absolute atomic E-state index is 0.00696. The molecule has 0 aromatic heterocycles. The lowest BCUT2D eigenvalue weighted by Crippen LogP contribution is -2.18. The average molecular weight is 571 g/mol. The number of ketones is 4. The molecule has 0 bridgehead atoms. The second-order valence-corrected chi connectivity index (χ2v) is 8.92. The van der Waals surface area contributed by atoms with E-state index < -0.39 is 23.1 Å². The van der Waals surface area contributed by atoms with Gasteiger partial charge < -0.3 is 29.2 Å². The largest absolute Gasteiger partial charge is 0.508 e. The molecular weight excluding hydrogens is 544 g/mol. The topological polar surface area (TPSA) is 146 Å². The quantitative estimate of drug-likeness (QED) is 0.188. The van der Waals surface area contributed by atoms with E-state index in [-0.39, 0.29) is 56.4 Å². The van der Waals surface area contributed by atoms with Crippen LogP contribution in [0.15, 0.2) is 72.8 Å². The number of carbonyl (C=O) groups excluding carboxylic acids is 4. The summed E-state index contributed by atoms with van der Waals surface area (Å²) in [6.07, 6.45) is 0. The van der Waals surface area contributed by atoms with Crippen LogP contribution in [0.2, 0.25) is 0 Å². The zero-order valence-corrected chi connectivity index (χ0v) is 23.1. The van der Waals surface area contributed by atoms with Gasteiger partial charge in [-0.3, -0.25) is 19.2 Å². The fraction of sp³-hybridized carbons (Fsp3) is 0.125. The highest BCUT2D eigenvalue weighted by Crippen LogP contribution is 2.35. The van der Waals surface area contributed by atoms with Gasteiger partial charge in [0.15, 0.2) is 23.0 Å². The molecule has 0 heterocycles. The van der Waals surface area contributed by atoms with Crippen LogP contribution in [0, 0.1) is 0 Å². The predicted octanol–water partition coefficient (Wildman–Crippen LogP) is 4.93. The number of benzene rings is 4. The maximum Gasteiger partial charge on any atom is 0.234 e. The van der Waals surface area contributed by atoms with E-state index in [0.29, 0.717) is 11.5 Å². The molecule has 0 spiro atoms. The Labute approximate surface area is 240 Å². The highest BCUT2D eigenvalue weighted by atomic mass is 16.5. The first-order valence-corrected chi connectivity index (χ1v) is 12.4. The van der Waals surface area contributed by atoms with Crippen LogP contribution in [0.25, 0.3) is 11.1 Å². The van der Waals surface area contributed by atoms with E-state index in [0.717, 1.165) is 0 Å². The molecule has 214 valence electrons. The van der Waals surface area contributed by atoms with Gasteiger partial charge in [0, 0.05) is 22.3 Å². The fourth-order valence-electron chi connectivity index (χ4n) is 4.37. The molecule has 0 aliphatic heterocycles. The Kier molecular flexibility index (Phi) is 8.56. The third-order valence-electron chi connectivity index (χ3n) is 6.49. The maximum absolute atomic E-state index is 13.5. The molecule has 4 rings (SSSR count). The summed E-state index contributed by atoms with van der Waals surface area (Å²) in [6.45, 7) is 0. The first kappa shape index (κ1) is 29.3. The monoisotopic (exact) mass is 570 g/mol. The first-order chi connectivity index (χ1) is 20.1. The Morgan fingerprint density at radius 3 is 1.14 bits per heavy atom. The van der Waals surface area contributed by atoms with Gasteiger partial charge in [-0.05, 0) is 83.9 Å². The van der Waals surface area contributed by atoms with Crippen molar-refractivity contribution in [3.8, 4) is 45.6 Å². The number of Topliss-reactive ketones (excluding diaryl/α,β-unsaturated/α-hetero) is 4. The van der Waals surface area contributed by atoms with Crippen LogP contribution in [0.5, 0.6) is 34.5 Å². The van der Waals surface area contributed by atoms with Crippen molar-refractivity contribution in [2.24, 2.45) is 0 Å². The van der Waals surface area contributed by atoms with Crippen LogP contribution in [-0.2, 0) is 0 Å². The van der Waals surface area contributed by atoms with E-state index >= 15 is 0 Å². The molecule has 0 amide bonds. The van der Waals surface area contributed by atoms with Gasteiger partial charge in [0.1, 0.15) is 11.5 Å². The van der Waals surface area contributed by atoms with Gasteiger partial charge in [-0.25, -0.2) is 0 Å². The highest BCUT2D eigenvalue weighted by molar-refractivity contribution is 6.51. The second kappa shape index (κ2) is 12.3. The Morgan fingerprint density at radius 1 is 0.452 bits per heavy atom. The zero-order valence-electron chi connectivity index (χ0n) is 23.1. The van der Waals surface area contributed by atoms with Crippen molar-refractivity contribution < 1.29 is 48.3 Å². The van der Waals surface area contributed by atoms with Crippen LogP contribution < -0.4 is 18.9 Å². The summed E-state index contributed by atoms with van der Waals surface area (Å²) in [6, 6.07) is 15.6. The Balaban J connectivity index is 1.80. The standard InChI is InChI=1S/C32H26O10/c1-39-25-11-5-17(13-27(25)41-3)29(35)31(37)21-9-7-19(33)15-23(21)24-16-20(34)8-10-22(24)32(38)30(36)18-6-12-26(40-2)28(14-18)42-4/h5-16,33-34H,1-4H3. The lowest BCUT2D eigenvalue weighted by atomic mass is 9.88. The summed E-state index contributed by atoms with van der Waals surface area (Å²) in [4.78, 5) is 53.6. The Morgan fingerprint density at radius 2 is 0.810 bits per heavy atom. The van der Waals surface area contributed by atoms with Gasteiger partial charge in [-0.2, -0.15) is 0 Å². The summed E-state index contributed by atoms with van der Waals surface area (Å²) in [5.74, 6) is -3.14. The van der Waals surface area contributed by atoms with Gasteiger partial charge in [0.05, 0.1) is 28.4 Å². The molecule has 2 N–H and O–H groups in total. The molecule has 42 heavy (non-hydrogen) atoms. The third-order valence-corrected chi connectivity index (χ3v) is 6.49. The lowest BCUT2D eigenvalue weighted by Gasteiger charge is -2.14. The lowest BCUT2D eigenvalue weighted by molar-refractivity contribution is 0.0816. The van der Waals surface area contributed by atoms with E-state index in [1.165, 1.54) is 101 Å². The van der Waals surface area contributed by atoms with E-state index in [4.69, 9.17) is 18.9 Å². The summed E-state index contributed by atoms with van der Waals surface area (Å²) in [7, 11) is 5.62. The number of carbonyl (C=O) groups is 4. The minimum Gasteiger partial charge on any atom is -0.508 e. The number of aromatic hydroxyl groups is 2. The summed E-state index contributed by atoms with van der Waals surface area (Å²) < 4.78 is 20.8. The maximum atomic E-state index is 13.5. The summed E-state index contributed by atoms with van der Waals surface area (Å²) in [5, 5.41) is 20.6. The van der Waals surface area contributed by atoms with Crippen LogP contribution in [0.4, 0.5) is 0 Å². The molecule has 0 saturated heterocycles. The molecule has 4 aromatic rings. The van der Waals surface area contributed by atoms with Crippen molar-refractivity contribution in [1.29, 1.82) is 0 Å². The van der Waals surface area contributed by atoms with E-state index in [1.807, 2.05) is 0 Å². The Bertz CT molecular complexity index is 1590. The van der Waals surface area contributed by atoms with Gasteiger partial charge >= 0.3 is 0 Å². The summed E-state index contributed by atoms with van der Waals surface area (Å²) in [5.41, 5.74) is -0.432. The van der Waals surface area contributed by atoms with Crippen molar-refractivity contribution in [1.82, 2.24) is 0 Å². The highest BCUT2D eigenvalue weighted by Gasteiger charge is 2.28. The molecule has 0 aliphatic rings. The molecule has 4 aromatic carbocycles. The predicted molar refractivity (Wildman–Crippen MR) is 152 cm³/mol. The number of phenolic OH excluding ortho intramolecular Hbond substituents is 2. The minimum atomic E-state index is -0.967. The molecule has 0 unspecified atom stereocenters. The van der Waals surface area contributed by atoms with Crippen molar-refractivity contribution in [2.45, 2.75) is 0 Å². The van der Waals surface area contributed by atoms with E-state index in [2.05, 4.69) is 0 Å². The number of hydrogen-bond donors (Lipinski definition) is 2. The van der Waals surface area contributed by atoms with Crippen LogP contribution in [0.1, 0.15) is 41.4 Å². The molecule has 10 nitrogen and oxygen atoms in total. The normalized spacial score (nSPS) is 10.5. The van der Waals surface area contributed by atoms with Gasteiger partial charge in [-0.15, -0.1) is 0 Å². The molecule has 0 radical (unpaired) electrons. The Hall–Kier alpha value is -5.64. The number of hydrogen-bond acceptors (Lipinski definition) is 10. The van der Waals surface area contributed by atoms with Crippen molar-refractivity contribution in [3.63, 3.8) is 0 Å². The van der Waals surface area contributed by atoms with Crippen LogP contribution >= 0.6 is 0 Å². The zero-order chi connectivity index (χ0) is 30.6.